The third kappa shape index (κ3) is 5.54. The zero-order valence-electron chi connectivity index (χ0n) is 21.8. The number of carbonyl (C=O) groups excluding carboxylic acids is 2. The molecular formula is C30H24BrN3O5S. The number of carbonyl (C=O) groups is 2. The van der Waals surface area contributed by atoms with Crippen LogP contribution in [0.15, 0.2) is 98.3 Å². The van der Waals surface area contributed by atoms with Crippen LogP contribution in [0.3, 0.4) is 0 Å². The molecule has 0 radical (unpaired) electrons. The number of esters is 1. The molecule has 3 aromatic carbocycles. The van der Waals surface area contributed by atoms with Crippen molar-refractivity contribution in [2.24, 2.45) is 4.99 Å². The van der Waals surface area contributed by atoms with Crippen molar-refractivity contribution < 1.29 is 19.1 Å². The fraction of sp³-hybridized carbons (Fsp3) is 0.133. The van der Waals surface area contributed by atoms with Crippen LogP contribution in [0, 0.1) is 0 Å². The number of allylic oxidation sites excluding steroid dienone is 1. The van der Waals surface area contributed by atoms with Gasteiger partial charge in [-0.15, -0.1) is 0 Å². The molecule has 0 bridgehead atoms. The van der Waals surface area contributed by atoms with Crippen molar-refractivity contribution in [3.8, 4) is 11.5 Å². The highest BCUT2D eigenvalue weighted by molar-refractivity contribution is 9.10. The summed E-state index contributed by atoms with van der Waals surface area (Å²) in [5, 5.41) is 2.94. The third-order valence-electron chi connectivity index (χ3n) is 6.22. The standard InChI is InChI=1S/C30H24BrN3O5S/c1-17-26(28(36)33-22-9-5-4-6-10-22)27(19-8-7-11-23(15-19)38-3)34-29(37)25(40-30(34)32-17)16-20-14-21(31)12-13-24(20)39-18(2)35/h4-16,27H,1-3H3,(H,33,36)/b25-16-/t27-/m0/s1. The van der Waals surface area contributed by atoms with Crippen molar-refractivity contribution in [2.45, 2.75) is 19.9 Å². The number of hydrogen-bond donors (Lipinski definition) is 1. The molecule has 1 amide bonds. The van der Waals surface area contributed by atoms with E-state index in [2.05, 4.69) is 26.2 Å². The number of rotatable bonds is 6. The van der Waals surface area contributed by atoms with Crippen LogP contribution in [0.5, 0.6) is 11.5 Å². The van der Waals surface area contributed by atoms with E-state index in [9.17, 15) is 14.4 Å². The number of anilines is 1. The average molecular weight is 619 g/mol. The maximum absolute atomic E-state index is 14.0. The Morgan fingerprint density at radius 1 is 1.07 bits per heavy atom. The second-order valence-electron chi connectivity index (χ2n) is 8.95. The van der Waals surface area contributed by atoms with Crippen molar-refractivity contribution in [3.63, 3.8) is 0 Å². The Kier molecular flexibility index (Phi) is 7.81. The Bertz CT molecular complexity index is 1840. The van der Waals surface area contributed by atoms with Gasteiger partial charge in [0, 0.05) is 22.6 Å². The van der Waals surface area contributed by atoms with Crippen molar-refractivity contribution in [1.82, 2.24) is 4.57 Å². The third-order valence-corrected chi connectivity index (χ3v) is 7.70. The lowest BCUT2D eigenvalue weighted by molar-refractivity contribution is -0.131. The van der Waals surface area contributed by atoms with E-state index in [-0.39, 0.29) is 11.5 Å². The van der Waals surface area contributed by atoms with Gasteiger partial charge >= 0.3 is 5.97 Å². The molecule has 202 valence electrons. The Balaban J connectivity index is 1.70. The minimum Gasteiger partial charge on any atom is -0.497 e. The van der Waals surface area contributed by atoms with Crippen LogP contribution in [-0.4, -0.2) is 23.6 Å². The van der Waals surface area contributed by atoms with Crippen LogP contribution in [0.25, 0.3) is 6.08 Å². The van der Waals surface area contributed by atoms with E-state index >= 15 is 0 Å². The molecule has 1 aromatic heterocycles. The normalized spacial score (nSPS) is 14.8. The van der Waals surface area contributed by atoms with E-state index in [0.29, 0.717) is 48.9 Å². The van der Waals surface area contributed by atoms with Gasteiger partial charge in [-0.2, -0.15) is 0 Å². The van der Waals surface area contributed by atoms with Gasteiger partial charge in [-0.3, -0.25) is 19.0 Å². The molecular weight excluding hydrogens is 594 g/mol. The molecule has 0 aliphatic carbocycles. The van der Waals surface area contributed by atoms with Crippen LogP contribution in [-0.2, 0) is 9.59 Å². The molecule has 0 spiro atoms. The van der Waals surface area contributed by atoms with Gasteiger partial charge in [0.15, 0.2) is 4.80 Å². The minimum absolute atomic E-state index is 0.324. The number of amides is 1. The maximum Gasteiger partial charge on any atom is 0.308 e. The number of fused-ring (bicyclic) bond motifs is 1. The van der Waals surface area contributed by atoms with Gasteiger partial charge in [-0.25, -0.2) is 4.99 Å². The molecule has 1 atom stereocenters. The zero-order chi connectivity index (χ0) is 28.4. The van der Waals surface area contributed by atoms with Crippen molar-refractivity contribution >= 4 is 50.9 Å². The number of hydrogen-bond acceptors (Lipinski definition) is 7. The van der Waals surface area contributed by atoms with Crippen LogP contribution in [0.2, 0.25) is 0 Å². The number of aromatic nitrogens is 1. The summed E-state index contributed by atoms with van der Waals surface area (Å²) in [6.45, 7) is 3.08. The highest BCUT2D eigenvalue weighted by Crippen LogP contribution is 2.32. The van der Waals surface area contributed by atoms with Crippen LogP contribution >= 0.6 is 27.3 Å². The highest BCUT2D eigenvalue weighted by atomic mass is 79.9. The van der Waals surface area contributed by atoms with E-state index in [4.69, 9.17) is 9.47 Å². The molecule has 1 aliphatic rings. The average Bonchev–Trinajstić information content (AvgIpc) is 3.23. The summed E-state index contributed by atoms with van der Waals surface area (Å²) < 4.78 is 13.5. The Hall–Kier alpha value is -4.28. The second kappa shape index (κ2) is 11.4. The van der Waals surface area contributed by atoms with Crippen LogP contribution < -0.4 is 29.7 Å². The van der Waals surface area contributed by atoms with E-state index < -0.39 is 12.0 Å². The molecule has 1 N–H and O–H groups in total. The lowest BCUT2D eigenvalue weighted by atomic mass is 9.95. The smallest absolute Gasteiger partial charge is 0.308 e. The summed E-state index contributed by atoms with van der Waals surface area (Å²) in [5.41, 5.74) is 2.38. The molecule has 2 heterocycles. The van der Waals surface area contributed by atoms with Crippen molar-refractivity contribution in [1.29, 1.82) is 0 Å². The van der Waals surface area contributed by atoms with E-state index in [1.54, 1.807) is 56.5 Å². The maximum atomic E-state index is 14.0. The molecule has 10 heteroatoms. The second-order valence-corrected chi connectivity index (χ2v) is 10.9. The number of ether oxygens (including phenoxy) is 2. The van der Waals surface area contributed by atoms with Gasteiger partial charge in [0.1, 0.15) is 11.5 Å². The lowest BCUT2D eigenvalue weighted by Gasteiger charge is -2.25. The number of halogens is 1. The molecule has 1 aliphatic heterocycles. The number of thiazole rings is 1. The Morgan fingerprint density at radius 2 is 1.85 bits per heavy atom. The predicted molar refractivity (Wildman–Crippen MR) is 157 cm³/mol. The van der Waals surface area contributed by atoms with Crippen LogP contribution in [0.1, 0.15) is 31.0 Å². The van der Waals surface area contributed by atoms with E-state index in [1.165, 1.54) is 22.8 Å². The summed E-state index contributed by atoms with van der Waals surface area (Å²) in [6.07, 6.45) is 1.67. The summed E-state index contributed by atoms with van der Waals surface area (Å²) >= 11 is 4.64. The Labute approximate surface area is 242 Å². The number of nitrogens with one attached hydrogen (secondary N) is 1. The van der Waals surface area contributed by atoms with Gasteiger partial charge in [0.25, 0.3) is 11.5 Å². The number of benzene rings is 3. The SMILES string of the molecule is COc1cccc([C@H]2C(C(=O)Nc3ccccc3)=C(C)N=c3s/c(=C\c4cc(Br)ccc4OC(C)=O)c(=O)n32)c1. The summed E-state index contributed by atoms with van der Waals surface area (Å²) in [6, 6.07) is 20.8. The Morgan fingerprint density at radius 3 is 2.58 bits per heavy atom. The van der Waals surface area contributed by atoms with Gasteiger partial charge in [0.2, 0.25) is 0 Å². The van der Waals surface area contributed by atoms with Gasteiger partial charge < -0.3 is 14.8 Å². The first kappa shape index (κ1) is 27.3. The van der Waals surface area contributed by atoms with Crippen molar-refractivity contribution in [2.75, 3.05) is 12.4 Å². The molecule has 40 heavy (non-hydrogen) atoms. The lowest BCUT2D eigenvalue weighted by Crippen LogP contribution is -2.40. The molecule has 4 aromatic rings. The summed E-state index contributed by atoms with van der Waals surface area (Å²) in [4.78, 5) is 44.5. The fourth-order valence-corrected chi connectivity index (χ4v) is 5.90. The molecule has 0 saturated heterocycles. The van der Waals surface area contributed by atoms with Crippen molar-refractivity contribution in [3.05, 3.63) is 119 Å². The summed E-state index contributed by atoms with van der Waals surface area (Å²) in [5.74, 6) is 0.0853. The summed E-state index contributed by atoms with van der Waals surface area (Å²) in [7, 11) is 1.56. The first-order valence-electron chi connectivity index (χ1n) is 12.3. The largest absolute Gasteiger partial charge is 0.497 e. The number of para-hydroxylation sites is 1. The number of methoxy groups -OCH3 is 1. The first-order valence-corrected chi connectivity index (χ1v) is 13.9. The van der Waals surface area contributed by atoms with Gasteiger partial charge in [-0.05, 0) is 61.0 Å². The minimum atomic E-state index is -0.757. The van der Waals surface area contributed by atoms with Gasteiger partial charge in [0.05, 0.1) is 29.0 Å². The quantitative estimate of drug-likeness (QED) is 0.252. The first-order chi connectivity index (χ1) is 19.2. The number of nitrogens with zero attached hydrogens (tertiary/aromatic N) is 2. The fourth-order valence-electron chi connectivity index (χ4n) is 4.48. The predicted octanol–water partition coefficient (Wildman–Crippen LogP) is 4.57. The highest BCUT2D eigenvalue weighted by Gasteiger charge is 2.32. The van der Waals surface area contributed by atoms with E-state index in [1.807, 2.05) is 36.4 Å². The molecule has 0 fully saturated rings. The molecule has 8 nitrogen and oxygen atoms in total. The molecule has 0 unspecified atom stereocenters. The molecule has 0 saturated carbocycles. The van der Waals surface area contributed by atoms with Crippen LogP contribution in [0.4, 0.5) is 5.69 Å². The topological polar surface area (TPSA) is 99.0 Å². The van der Waals surface area contributed by atoms with Gasteiger partial charge in [-0.1, -0.05) is 57.6 Å². The molecule has 5 rings (SSSR count). The zero-order valence-corrected chi connectivity index (χ0v) is 24.2. The monoisotopic (exact) mass is 617 g/mol. The van der Waals surface area contributed by atoms with E-state index in [0.717, 1.165) is 4.47 Å².